The van der Waals surface area contributed by atoms with Crippen molar-refractivity contribution in [3.63, 3.8) is 0 Å². The van der Waals surface area contributed by atoms with Crippen molar-refractivity contribution in [3.05, 3.63) is 54.1 Å². The third kappa shape index (κ3) is 5.37. The quantitative estimate of drug-likeness (QED) is 0.766. The molecule has 0 aromatic heterocycles. The molecule has 0 spiro atoms. The lowest BCUT2D eigenvalue weighted by atomic mass is 10.0. The number of aliphatic hydroxyl groups is 1. The number of likely N-dealkylation sites (tertiary alicyclic amines) is 1. The zero-order chi connectivity index (χ0) is 19.2. The number of ether oxygens (including phenoxy) is 1. The second kappa shape index (κ2) is 9.11. The molecule has 2 aromatic rings. The van der Waals surface area contributed by atoms with Crippen molar-refractivity contribution in [3.8, 4) is 17.2 Å². The molecule has 1 aliphatic heterocycles. The van der Waals surface area contributed by atoms with Gasteiger partial charge in [0.15, 0.2) is 0 Å². The average molecular weight is 371 g/mol. The highest BCUT2D eigenvalue weighted by Gasteiger charge is 2.36. The summed E-state index contributed by atoms with van der Waals surface area (Å²) < 4.78 is 4.86. The topological polar surface area (TPSA) is 73.2 Å². The first-order chi connectivity index (χ1) is 13.0. The predicted molar refractivity (Wildman–Crippen MR) is 105 cm³/mol. The highest BCUT2D eigenvalue weighted by atomic mass is 16.5. The van der Waals surface area contributed by atoms with Crippen LogP contribution in [0.3, 0.4) is 0 Å². The van der Waals surface area contributed by atoms with Crippen molar-refractivity contribution < 1.29 is 20.1 Å². The first kappa shape index (κ1) is 19.5. The number of hydrogen-bond acceptors (Lipinski definition) is 5. The van der Waals surface area contributed by atoms with Crippen LogP contribution in [-0.4, -0.2) is 47.0 Å². The number of hydrogen-bond donors (Lipinski definition) is 3. The zero-order valence-electron chi connectivity index (χ0n) is 15.8. The summed E-state index contributed by atoms with van der Waals surface area (Å²) in [4.78, 5) is 2.39. The number of rotatable bonds is 4. The van der Waals surface area contributed by atoms with E-state index in [-0.39, 0.29) is 11.5 Å². The van der Waals surface area contributed by atoms with Crippen molar-refractivity contribution in [1.29, 1.82) is 0 Å². The predicted octanol–water partition coefficient (Wildman–Crippen LogP) is 3.56. The Bertz CT molecular complexity index is 689. The summed E-state index contributed by atoms with van der Waals surface area (Å²) in [5.74, 6) is 3.01. The lowest BCUT2D eigenvalue weighted by molar-refractivity contribution is 0.122. The monoisotopic (exact) mass is 371 g/mol. The Balaban J connectivity index is 0.000000197. The van der Waals surface area contributed by atoms with Gasteiger partial charge in [0.05, 0.1) is 13.2 Å². The van der Waals surface area contributed by atoms with E-state index in [4.69, 9.17) is 9.84 Å². The van der Waals surface area contributed by atoms with Gasteiger partial charge in [0.1, 0.15) is 17.2 Å². The van der Waals surface area contributed by atoms with Gasteiger partial charge < -0.3 is 20.1 Å². The Labute approximate surface area is 160 Å². The standard InChI is InChI=1S/C15H21NO2.C7H8O2/c17-14-6-4-11(5-7-14)15(18)10-16-8-12-2-1-3-13(12)9-16;1-9-7-4-2-6(8)3-5-7/h4-7,12-13,15,17-18H,1-3,8-10H2;2-5,8H,1H3/t12-,13+,15?;. The van der Waals surface area contributed by atoms with E-state index in [1.165, 1.54) is 19.3 Å². The fourth-order valence-electron chi connectivity index (χ4n) is 4.11. The number of phenolic OH excluding ortho intramolecular Hbond substituents is 2. The Hall–Kier alpha value is -2.24. The van der Waals surface area contributed by atoms with Crippen LogP contribution in [-0.2, 0) is 0 Å². The number of phenols is 2. The summed E-state index contributed by atoms with van der Waals surface area (Å²) in [6, 6.07) is 13.4. The smallest absolute Gasteiger partial charge is 0.119 e. The van der Waals surface area contributed by atoms with Crippen LogP contribution in [0.2, 0.25) is 0 Å². The molecule has 1 heterocycles. The number of benzene rings is 2. The summed E-state index contributed by atoms with van der Waals surface area (Å²) in [7, 11) is 1.59. The summed E-state index contributed by atoms with van der Waals surface area (Å²) in [5, 5.41) is 28.2. The Kier molecular flexibility index (Phi) is 6.58. The van der Waals surface area contributed by atoms with Crippen LogP contribution in [0.25, 0.3) is 0 Å². The second-order valence-corrected chi connectivity index (χ2v) is 7.47. The van der Waals surface area contributed by atoms with E-state index in [1.54, 1.807) is 55.6 Å². The van der Waals surface area contributed by atoms with Crippen LogP contribution >= 0.6 is 0 Å². The molecule has 1 unspecified atom stereocenters. The normalized spacial score (nSPS) is 22.6. The van der Waals surface area contributed by atoms with Crippen molar-refractivity contribution in [2.24, 2.45) is 11.8 Å². The zero-order valence-corrected chi connectivity index (χ0v) is 15.8. The maximum Gasteiger partial charge on any atom is 0.119 e. The molecule has 5 nitrogen and oxygen atoms in total. The van der Waals surface area contributed by atoms with E-state index in [2.05, 4.69) is 4.90 Å². The maximum atomic E-state index is 10.2. The Morgan fingerprint density at radius 2 is 1.44 bits per heavy atom. The van der Waals surface area contributed by atoms with Gasteiger partial charge in [0.25, 0.3) is 0 Å². The summed E-state index contributed by atoms with van der Waals surface area (Å²) in [5.41, 5.74) is 0.893. The largest absolute Gasteiger partial charge is 0.508 e. The summed E-state index contributed by atoms with van der Waals surface area (Å²) in [6.45, 7) is 3.03. The molecule has 0 radical (unpaired) electrons. The number of aromatic hydroxyl groups is 2. The fourth-order valence-corrected chi connectivity index (χ4v) is 4.11. The SMILES string of the molecule is COc1ccc(O)cc1.Oc1ccc(C(O)CN2C[C@H]3CCC[C@H]3C2)cc1. The third-order valence-electron chi connectivity index (χ3n) is 5.58. The Morgan fingerprint density at radius 3 is 1.96 bits per heavy atom. The van der Waals surface area contributed by atoms with Crippen LogP contribution in [0.1, 0.15) is 30.9 Å². The van der Waals surface area contributed by atoms with Crippen LogP contribution < -0.4 is 4.74 Å². The summed E-state index contributed by atoms with van der Waals surface area (Å²) >= 11 is 0. The number of aliphatic hydroxyl groups excluding tert-OH is 1. The number of β-amino-alcohol motifs (C(OH)–C–C–N with tert-alkyl or cyclic N) is 1. The molecule has 3 atom stereocenters. The minimum atomic E-state index is -0.440. The minimum Gasteiger partial charge on any atom is -0.508 e. The molecule has 5 heteroatoms. The molecule has 1 saturated heterocycles. The molecule has 0 amide bonds. The molecule has 1 saturated carbocycles. The molecule has 4 rings (SSSR count). The van der Waals surface area contributed by atoms with Crippen molar-refractivity contribution >= 4 is 0 Å². The van der Waals surface area contributed by atoms with Gasteiger partial charge in [-0.3, -0.25) is 4.90 Å². The van der Waals surface area contributed by atoms with Gasteiger partial charge >= 0.3 is 0 Å². The molecule has 0 bridgehead atoms. The molecule has 2 aromatic carbocycles. The van der Waals surface area contributed by atoms with E-state index >= 15 is 0 Å². The highest BCUT2D eigenvalue weighted by Crippen LogP contribution is 2.38. The van der Waals surface area contributed by atoms with Crippen molar-refractivity contribution in [2.75, 3.05) is 26.7 Å². The lowest BCUT2D eigenvalue weighted by Gasteiger charge is -2.21. The molecular weight excluding hydrogens is 342 g/mol. The van der Waals surface area contributed by atoms with Gasteiger partial charge in [-0.2, -0.15) is 0 Å². The van der Waals surface area contributed by atoms with Crippen molar-refractivity contribution in [1.82, 2.24) is 4.90 Å². The van der Waals surface area contributed by atoms with Crippen LogP contribution in [0, 0.1) is 11.8 Å². The highest BCUT2D eigenvalue weighted by molar-refractivity contribution is 5.30. The van der Waals surface area contributed by atoms with Gasteiger partial charge in [-0.15, -0.1) is 0 Å². The average Bonchev–Trinajstić information content (AvgIpc) is 3.25. The van der Waals surface area contributed by atoms with E-state index in [0.29, 0.717) is 0 Å². The van der Waals surface area contributed by atoms with Crippen LogP contribution in [0.5, 0.6) is 17.2 Å². The minimum absolute atomic E-state index is 0.252. The third-order valence-corrected chi connectivity index (χ3v) is 5.58. The van der Waals surface area contributed by atoms with Gasteiger partial charge in [-0.25, -0.2) is 0 Å². The van der Waals surface area contributed by atoms with Gasteiger partial charge in [0, 0.05) is 19.6 Å². The van der Waals surface area contributed by atoms with E-state index in [0.717, 1.165) is 42.8 Å². The first-order valence-corrected chi connectivity index (χ1v) is 9.57. The molecule has 2 aliphatic rings. The fraction of sp³-hybridized carbons (Fsp3) is 0.455. The first-order valence-electron chi connectivity index (χ1n) is 9.57. The van der Waals surface area contributed by atoms with Crippen LogP contribution in [0.4, 0.5) is 0 Å². The lowest BCUT2D eigenvalue weighted by Crippen LogP contribution is -2.27. The van der Waals surface area contributed by atoms with Crippen molar-refractivity contribution in [2.45, 2.75) is 25.4 Å². The van der Waals surface area contributed by atoms with E-state index < -0.39 is 6.10 Å². The molecule has 27 heavy (non-hydrogen) atoms. The number of nitrogens with zero attached hydrogens (tertiary/aromatic N) is 1. The van der Waals surface area contributed by atoms with Crippen LogP contribution in [0.15, 0.2) is 48.5 Å². The summed E-state index contributed by atoms with van der Waals surface area (Å²) in [6.07, 6.45) is 3.70. The number of methoxy groups -OCH3 is 1. The molecule has 146 valence electrons. The van der Waals surface area contributed by atoms with Gasteiger partial charge in [-0.05, 0) is 66.6 Å². The van der Waals surface area contributed by atoms with E-state index in [9.17, 15) is 10.2 Å². The molecule has 2 fully saturated rings. The Morgan fingerprint density at radius 1 is 0.926 bits per heavy atom. The molecule has 1 aliphatic carbocycles. The molecule has 3 N–H and O–H groups in total. The second-order valence-electron chi connectivity index (χ2n) is 7.47. The van der Waals surface area contributed by atoms with Gasteiger partial charge in [-0.1, -0.05) is 18.6 Å². The van der Waals surface area contributed by atoms with Gasteiger partial charge in [0.2, 0.25) is 0 Å². The maximum absolute atomic E-state index is 10.2. The number of fused-ring (bicyclic) bond motifs is 1. The molecular formula is C22H29NO4. The van der Waals surface area contributed by atoms with E-state index in [1.807, 2.05) is 0 Å².